The van der Waals surface area contributed by atoms with Crippen LogP contribution in [0.25, 0.3) is 17.1 Å². The van der Waals surface area contributed by atoms with Gasteiger partial charge >= 0.3 is 0 Å². The summed E-state index contributed by atoms with van der Waals surface area (Å²) in [5, 5.41) is 12.8. The van der Waals surface area contributed by atoms with Crippen LogP contribution in [0.5, 0.6) is 0 Å². The molecular formula is C23H26N4OS. The predicted molar refractivity (Wildman–Crippen MR) is 117 cm³/mol. The van der Waals surface area contributed by atoms with Crippen LogP contribution in [0, 0.1) is 13.8 Å². The summed E-state index contributed by atoms with van der Waals surface area (Å²) in [7, 11) is 0. The molecule has 0 saturated heterocycles. The third kappa shape index (κ3) is 4.53. The maximum atomic E-state index is 12.4. The van der Waals surface area contributed by atoms with Crippen LogP contribution in [-0.2, 0) is 4.79 Å². The standard InChI is InChI=1S/C23H26N4OS/c1-16-12-13-18(14-17(16)2)22-25-26-23(27(22)20-10-4-3-5-11-20)29-15-21(28)24-19-8-6-7-9-19/h3-5,10-14,19H,6-9,15H2,1-2H3,(H,24,28). The van der Waals surface area contributed by atoms with Gasteiger partial charge in [0.05, 0.1) is 5.75 Å². The Morgan fingerprint density at radius 2 is 1.83 bits per heavy atom. The summed E-state index contributed by atoms with van der Waals surface area (Å²) >= 11 is 1.43. The lowest BCUT2D eigenvalue weighted by molar-refractivity contribution is -0.119. The number of carbonyl (C=O) groups is 1. The Morgan fingerprint density at radius 1 is 1.07 bits per heavy atom. The van der Waals surface area contributed by atoms with Crippen LogP contribution in [-0.4, -0.2) is 32.5 Å². The van der Waals surface area contributed by atoms with Crippen molar-refractivity contribution in [1.82, 2.24) is 20.1 Å². The topological polar surface area (TPSA) is 59.8 Å². The molecule has 0 unspecified atom stereocenters. The van der Waals surface area contributed by atoms with Gasteiger partial charge in [-0.2, -0.15) is 0 Å². The zero-order chi connectivity index (χ0) is 20.2. The van der Waals surface area contributed by atoms with Crippen molar-refractivity contribution < 1.29 is 4.79 Å². The fourth-order valence-corrected chi connectivity index (χ4v) is 4.47. The van der Waals surface area contributed by atoms with Crippen LogP contribution >= 0.6 is 11.8 Å². The Bertz CT molecular complexity index is 993. The van der Waals surface area contributed by atoms with Crippen LogP contribution in [0.2, 0.25) is 0 Å². The zero-order valence-corrected chi connectivity index (χ0v) is 17.7. The molecule has 1 fully saturated rings. The number of rotatable bonds is 6. The fourth-order valence-electron chi connectivity index (χ4n) is 3.71. The van der Waals surface area contributed by atoms with Gasteiger partial charge in [0.25, 0.3) is 0 Å². The third-order valence-electron chi connectivity index (χ3n) is 5.47. The molecular weight excluding hydrogens is 380 g/mol. The number of carbonyl (C=O) groups excluding carboxylic acids is 1. The lowest BCUT2D eigenvalue weighted by Gasteiger charge is -2.13. The van der Waals surface area contributed by atoms with Gasteiger partial charge in [0.1, 0.15) is 0 Å². The number of para-hydroxylation sites is 1. The highest BCUT2D eigenvalue weighted by atomic mass is 32.2. The van der Waals surface area contributed by atoms with Crippen molar-refractivity contribution in [3.05, 3.63) is 59.7 Å². The first-order chi connectivity index (χ1) is 14.1. The van der Waals surface area contributed by atoms with Crippen molar-refractivity contribution in [2.45, 2.75) is 50.7 Å². The smallest absolute Gasteiger partial charge is 0.230 e. The molecule has 1 aliphatic carbocycles. The molecule has 29 heavy (non-hydrogen) atoms. The first-order valence-electron chi connectivity index (χ1n) is 10.1. The van der Waals surface area contributed by atoms with E-state index in [9.17, 15) is 4.79 Å². The van der Waals surface area contributed by atoms with Gasteiger partial charge in [0, 0.05) is 17.3 Å². The summed E-state index contributed by atoms with van der Waals surface area (Å²) in [6, 6.07) is 16.7. The molecule has 1 saturated carbocycles. The molecule has 4 rings (SSSR count). The second kappa shape index (κ2) is 8.82. The van der Waals surface area contributed by atoms with E-state index < -0.39 is 0 Å². The van der Waals surface area contributed by atoms with E-state index in [0.29, 0.717) is 11.8 Å². The average Bonchev–Trinajstić information content (AvgIpc) is 3.39. The van der Waals surface area contributed by atoms with Crippen LogP contribution in [0.3, 0.4) is 0 Å². The average molecular weight is 407 g/mol. The Labute approximate surface area is 175 Å². The minimum Gasteiger partial charge on any atom is -0.353 e. The predicted octanol–water partition coefficient (Wildman–Crippen LogP) is 4.70. The molecule has 1 amide bonds. The second-order valence-corrected chi connectivity index (χ2v) is 8.56. The number of aryl methyl sites for hydroxylation is 2. The molecule has 0 spiro atoms. The fraction of sp³-hybridized carbons (Fsp3) is 0.348. The number of nitrogens with zero attached hydrogens (tertiary/aromatic N) is 3. The van der Waals surface area contributed by atoms with E-state index in [1.807, 2.05) is 34.9 Å². The molecule has 150 valence electrons. The Kier molecular flexibility index (Phi) is 6.00. The molecule has 5 nitrogen and oxygen atoms in total. The first-order valence-corrected chi connectivity index (χ1v) is 11.1. The number of thioether (sulfide) groups is 1. The van der Waals surface area contributed by atoms with Gasteiger partial charge in [0.15, 0.2) is 11.0 Å². The largest absolute Gasteiger partial charge is 0.353 e. The van der Waals surface area contributed by atoms with Crippen LogP contribution in [0.1, 0.15) is 36.8 Å². The van der Waals surface area contributed by atoms with E-state index in [0.717, 1.165) is 35.1 Å². The molecule has 0 bridgehead atoms. The number of nitrogens with one attached hydrogen (secondary N) is 1. The molecule has 3 aromatic rings. The van der Waals surface area contributed by atoms with E-state index in [4.69, 9.17) is 0 Å². The van der Waals surface area contributed by atoms with E-state index in [2.05, 4.69) is 47.6 Å². The Morgan fingerprint density at radius 3 is 2.55 bits per heavy atom. The molecule has 6 heteroatoms. The highest BCUT2D eigenvalue weighted by molar-refractivity contribution is 7.99. The van der Waals surface area contributed by atoms with Crippen LogP contribution in [0.4, 0.5) is 0 Å². The van der Waals surface area contributed by atoms with Gasteiger partial charge in [-0.05, 0) is 56.0 Å². The number of hydrogen-bond acceptors (Lipinski definition) is 4. The Balaban J connectivity index is 1.61. The normalized spacial score (nSPS) is 14.3. The third-order valence-corrected chi connectivity index (χ3v) is 6.39. The molecule has 0 aliphatic heterocycles. The van der Waals surface area contributed by atoms with Crippen molar-refractivity contribution >= 4 is 17.7 Å². The van der Waals surface area contributed by atoms with Crippen molar-refractivity contribution in [3.8, 4) is 17.1 Å². The number of aromatic nitrogens is 3. The monoisotopic (exact) mass is 406 g/mol. The minimum atomic E-state index is 0.0669. The summed E-state index contributed by atoms with van der Waals surface area (Å²) in [5.74, 6) is 1.20. The Hall–Kier alpha value is -2.60. The number of hydrogen-bond donors (Lipinski definition) is 1. The molecule has 1 heterocycles. The SMILES string of the molecule is Cc1ccc(-c2nnc(SCC(=O)NC3CCCC3)n2-c2ccccc2)cc1C. The van der Waals surface area contributed by atoms with Gasteiger partial charge < -0.3 is 5.32 Å². The summed E-state index contributed by atoms with van der Waals surface area (Å²) in [6.07, 6.45) is 4.60. The summed E-state index contributed by atoms with van der Waals surface area (Å²) in [4.78, 5) is 12.4. The van der Waals surface area contributed by atoms with E-state index in [-0.39, 0.29) is 5.91 Å². The highest BCUT2D eigenvalue weighted by Gasteiger charge is 2.20. The summed E-state index contributed by atoms with van der Waals surface area (Å²) in [6.45, 7) is 4.20. The lowest BCUT2D eigenvalue weighted by atomic mass is 10.1. The summed E-state index contributed by atoms with van der Waals surface area (Å²) < 4.78 is 2.04. The lowest BCUT2D eigenvalue weighted by Crippen LogP contribution is -2.33. The molecule has 0 atom stereocenters. The maximum absolute atomic E-state index is 12.4. The summed E-state index contributed by atoms with van der Waals surface area (Å²) in [5.41, 5.74) is 4.48. The van der Waals surface area contributed by atoms with Crippen LogP contribution in [0.15, 0.2) is 53.7 Å². The number of benzene rings is 2. The molecule has 1 aromatic heterocycles. The van der Waals surface area contributed by atoms with Gasteiger partial charge in [0.2, 0.25) is 5.91 Å². The zero-order valence-electron chi connectivity index (χ0n) is 16.9. The van der Waals surface area contributed by atoms with E-state index in [1.165, 1.54) is 35.7 Å². The minimum absolute atomic E-state index is 0.0669. The molecule has 2 aromatic carbocycles. The molecule has 1 aliphatic rings. The van der Waals surface area contributed by atoms with Crippen molar-refractivity contribution in [2.24, 2.45) is 0 Å². The highest BCUT2D eigenvalue weighted by Crippen LogP contribution is 2.29. The number of amides is 1. The van der Waals surface area contributed by atoms with Crippen molar-refractivity contribution in [2.75, 3.05) is 5.75 Å². The maximum Gasteiger partial charge on any atom is 0.230 e. The van der Waals surface area contributed by atoms with Gasteiger partial charge in [-0.15, -0.1) is 10.2 Å². The molecule has 0 radical (unpaired) electrons. The quantitative estimate of drug-likeness (QED) is 0.603. The van der Waals surface area contributed by atoms with Gasteiger partial charge in [-0.25, -0.2) is 0 Å². The van der Waals surface area contributed by atoms with Gasteiger partial charge in [-0.1, -0.05) is 54.9 Å². The van der Waals surface area contributed by atoms with E-state index >= 15 is 0 Å². The van der Waals surface area contributed by atoms with Gasteiger partial charge in [-0.3, -0.25) is 9.36 Å². The molecule has 1 N–H and O–H groups in total. The van der Waals surface area contributed by atoms with Crippen LogP contribution < -0.4 is 5.32 Å². The van der Waals surface area contributed by atoms with Crippen molar-refractivity contribution in [3.63, 3.8) is 0 Å². The second-order valence-electron chi connectivity index (χ2n) is 7.61. The first kappa shape index (κ1) is 19.7. The van der Waals surface area contributed by atoms with E-state index in [1.54, 1.807) is 0 Å². The van der Waals surface area contributed by atoms with Crippen molar-refractivity contribution in [1.29, 1.82) is 0 Å².